The fraction of sp³-hybridized carbons (Fsp3) is 0.385. The van der Waals surface area contributed by atoms with E-state index < -0.39 is 12.2 Å². The third kappa shape index (κ3) is 3.28. The van der Waals surface area contributed by atoms with E-state index in [2.05, 4.69) is 46.4 Å². The molecule has 3 aromatic rings. The third-order valence-corrected chi connectivity index (χ3v) is 7.92. The number of anilines is 2. The lowest BCUT2D eigenvalue weighted by atomic mass is 9.79. The number of hydrogen-bond donors (Lipinski definition) is 3. The number of rotatable bonds is 3. The predicted molar refractivity (Wildman–Crippen MR) is 128 cm³/mol. The zero-order valence-corrected chi connectivity index (χ0v) is 19.2. The summed E-state index contributed by atoms with van der Waals surface area (Å²) in [6, 6.07) is 15.9. The Balaban J connectivity index is 1.35. The molecule has 1 aliphatic carbocycles. The monoisotopic (exact) mass is 462 g/mol. The van der Waals surface area contributed by atoms with Gasteiger partial charge in [0.15, 0.2) is 0 Å². The summed E-state index contributed by atoms with van der Waals surface area (Å²) in [4.78, 5) is 11.4. The van der Waals surface area contributed by atoms with Gasteiger partial charge in [-0.3, -0.25) is 0 Å². The minimum Gasteiger partial charge on any atom is -0.387 e. The maximum Gasteiger partial charge on any atom is 0.140 e. The van der Waals surface area contributed by atoms with Crippen molar-refractivity contribution in [3.8, 4) is 0 Å². The summed E-state index contributed by atoms with van der Waals surface area (Å²) in [6.45, 7) is 3.69. The molecule has 3 heterocycles. The highest BCUT2D eigenvalue weighted by Crippen LogP contribution is 2.52. The summed E-state index contributed by atoms with van der Waals surface area (Å²) in [7, 11) is 0. The number of nitrogens with zero attached hydrogens (tertiary/aromatic N) is 3. The van der Waals surface area contributed by atoms with E-state index in [-0.39, 0.29) is 17.4 Å². The lowest BCUT2D eigenvalue weighted by Gasteiger charge is -2.27. The number of para-hydroxylation sites is 1. The van der Waals surface area contributed by atoms with Gasteiger partial charge in [0.25, 0.3) is 0 Å². The molecule has 1 aromatic heterocycles. The van der Waals surface area contributed by atoms with E-state index in [0.29, 0.717) is 11.4 Å². The molecule has 1 fully saturated rings. The molecular formula is C26H27ClN4O2. The Morgan fingerprint density at radius 2 is 1.94 bits per heavy atom. The molecule has 3 aliphatic rings. The molecule has 5 atom stereocenters. The quantitative estimate of drug-likeness (QED) is 0.542. The normalized spacial score (nSPS) is 28.8. The summed E-state index contributed by atoms with van der Waals surface area (Å²) in [5.74, 6) is 1.10. The van der Waals surface area contributed by atoms with Crippen molar-refractivity contribution in [2.75, 3.05) is 18.0 Å². The lowest BCUT2D eigenvalue weighted by molar-refractivity contribution is 0.135. The van der Waals surface area contributed by atoms with Crippen molar-refractivity contribution < 1.29 is 10.2 Å². The Morgan fingerprint density at radius 1 is 1.15 bits per heavy atom. The maximum atomic E-state index is 11.1. The van der Waals surface area contributed by atoms with Gasteiger partial charge in [-0.05, 0) is 48.1 Å². The first-order valence-corrected chi connectivity index (χ1v) is 11.9. The molecule has 0 saturated carbocycles. The van der Waals surface area contributed by atoms with Crippen LogP contribution in [-0.2, 0) is 5.41 Å². The lowest BCUT2D eigenvalue weighted by Crippen LogP contribution is -2.34. The first-order valence-electron chi connectivity index (χ1n) is 11.5. The topological polar surface area (TPSA) is 81.5 Å². The van der Waals surface area contributed by atoms with Crippen LogP contribution in [0.15, 0.2) is 54.9 Å². The minimum atomic E-state index is -0.610. The number of benzene rings is 2. The van der Waals surface area contributed by atoms with Gasteiger partial charge in [-0.1, -0.05) is 48.9 Å². The molecule has 7 heteroatoms. The minimum absolute atomic E-state index is 0.0592. The van der Waals surface area contributed by atoms with Crippen molar-refractivity contribution in [2.45, 2.75) is 49.3 Å². The van der Waals surface area contributed by atoms with Crippen LogP contribution in [0.25, 0.3) is 0 Å². The Kier molecular flexibility index (Phi) is 4.96. The van der Waals surface area contributed by atoms with Crippen molar-refractivity contribution in [2.24, 2.45) is 0 Å². The molecule has 1 unspecified atom stereocenters. The molecule has 0 radical (unpaired) electrons. The number of aromatic nitrogens is 2. The first-order chi connectivity index (χ1) is 16.0. The van der Waals surface area contributed by atoms with Gasteiger partial charge in [0.05, 0.1) is 17.9 Å². The predicted octanol–water partition coefficient (Wildman–Crippen LogP) is 4.16. The Hall–Kier alpha value is -2.51. The maximum absolute atomic E-state index is 11.1. The summed E-state index contributed by atoms with van der Waals surface area (Å²) in [5, 5.41) is 25.9. The number of aliphatic hydroxyl groups is 2. The van der Waals surface area contributed by atoms with Crippen molar-refractivity contribution in [3.05, 3.63) is 82.3 Å². The van der Waals surface area contributed by atoms with Gasteiger partial charge in [-0.2, -0.15) is 0 Å². The van der Waals surface area contributed by atoms with Crippen molar-refractivity contribution in [1.29, 1.82) is 0 Å². The standard InChI is InChI=1S/C26H27ClN4O2/c1-15-10-21(32)23-22(15)25(30-14-29-23)31-13-26(18-4-2-3-5-20(18)31)11-19(28-12-26)24(33)16-6-8-17(27)9-7-16/h2-9,14-15,19,21,24,28,32-33H,10-13H2,1H3/t15?,19-,21+,24+,26-/m0/s1. The fourth-order valence-electron chi connectivity index (χ4n) is 6.07. The molecule has 6 nitrogen and oxygen atoms in total. The number of nitrogens with one attached hydrogen (secondary N) is 1. The molecular weight excluding hydrogens is 436 g/mol. The van der Waals surface area contributed by atoms with Gasteiger partial charge in [-0.25, -0.2) is 9.97 Å². The fourth-order valence-corrected chi connectivity index (χ4v) is 6.20. The zero-order chi connectivity index (χ0) is 22.7. The second kappa shape index (κ2) is 7.77. The molecule has 3 N–H and O–H groups in total. The van der Waals surface area contributed by atoms with Gasteiger partial charge in [0.2, 0.25) is 0 Å². The van der Waals surface area contributed by atoms with Crippen molar-refractivity contribution in [1.82, 2.24) is 15.3 Å². The van der Waals surface area contributed by atoms with E-state index in [0.717, 1.165) is 47.8 Å². The van der Waals surface area contributed by atoms with Gasteiger partial charge in [-0.15, -0.1) is 0 Å². The van der Waals surface area contributed by atoms with Crippen LogP contribution in [0.4, 0.5) is 11.5 Å². The summed E-state index contributed by atoms with van der Waals surface area (Å²) in [6.07, 6.45) is 1.93. The van der Waals surface area contributed by atoms with Crippen LogP contribution in [0.3, 0.4) is 0 Å². The van der Waals surface area contributed by atoms with E-state index >= 15 is 0 Å². The molecule has 0 amide bonds. The Bertz CT molecular complexity index is 1200. The van der Waals surface area contributed by atoms with E-state index in [1.165, 1.54) is 5.56 Å². The molecule has 1 spiro atoms. The first kappa shape index (κ1) is 21.1. The molecule has 6 rings (SSSR count). The van der Waals surface area contributed by atoms with E-state index in [9.17, 15) is 10.2 Å². The van der Waals surface area contributed by atoms with Crippen LogP contribution >= 0.6 is 11.6 Å². The molecule has 0 bridgehead atoms. The second-order valence-electron chi connectivity index (χ2n) is 9.72. The van der Waals surface area contributed by atoms with Crippen LogP contribution in [0.1, 0.15) is 60.3 Å². The number of fused-ring (bicyclic) bond motifs is 3. The molecule has 2 aliphatic heterocycles. The molecule has 2 aromatic carbocycles. The Morgan fingerprint density at radius 3 is 2.76 bits per heavy atom. The highest BCUT2D eigenvalue weighted by atomic mass is 35.5. The van der Waals surface area contributed by atoms with Crippen molar-refractivity contribution >= 4 is 23.1 Å². The summed E-state index contributed by atoms with van der Waals surface area (Å²) >= 11 is 6.04. The van der Waals surface area contributed by atoms with E-state index in [1.54, 1.807) is 6.33 Å². The highest BCUT2D eigenvalue weighted by molar-refractivity contribution is 6.30. The van der Waals surface area contributed by atoms with Crippen LogP contribution in [0.5, 0.6) is 0 Å². The average Bonchev–Trinajstić information content (AvgIpc) is 3.49. The van der Waals surface area contributed by atoms with Gasteiger partial charge in [0, 0.05) is 40.8 Å². The van der Waals surface area contributed by atoms with Crippen LogP contribution in [0.2, 0.25) is 5.02 Å². The second-order valence-corrected chi connectivity index (χ2v) is 10.2. The van der Waals surface area contributed by atoms with Crippen LogP contribution in [-0.4, -0.2) is 39.3 Å². The third-order valence-electron chi connectivity index (χ3n) is 7.67. The van der Waals surface area contributed by atoms with E-state index in [4.69, 9.17) is 16.6 Å². The number of aliphatic hydroxyl groups excluding tert-OH is 2. The van der Waals surface area contributed by atoms with Gasteiger partial charge < -0.3 is 20.4 Å². The highest BCUT2D eigenvalue weighted by Gasteiger charge is 2.50. The van der Waals surface area contributed by atoms with Gasteiger partial charge >= 0.3 is 0 Å². The summed E-state index contributed by atoms with van der Waals surface area (Å²) in [5.41, 5.74) is 4.98. The van der Waals surface area contributed by atoms with Crippen LogP contribution in [0, 0.1) is 0 Å². The Labute approximate surface area is 198 Å². The van der Waals surface area contributed by atoms with Crippen molar-refractivity contribution in [3.63, 3.8) is 0 Å². The smallest absolute Gasteiger partial charge is 0.140 e. The number of halogens is 1. The molecule has 33 heavy (non-hydrogen) atoms. The average molecular weight is 463 g/mol. The van der Waals surface area contributed by atoms with Gasteiger partial charge in [0.1, 0.15) is 12.1 Å². The summed E-state index contributed by atoms with van der Waals surface area (Å²) < 4.78 is 0. The number of hydrogen-bond acceptors (Lipinski definition) is 6. The molecule has 1 saturated heterocycles. The van der Waals surface area contributed by atoms with E-state index in [1.807, 2.05) is 24.3 Å². The SMILES string of the molecule is CC1C[C@@H](O)c2ncnc(N3C[C@]4(CN[C@H]([C@H](O)c5ccc(Cl)cc5)C4)c4ccccc43)c21. The largest absolute Gasteiger partial charge is 0.387 e. The zero-order valence-electron chi connectivity index (χ0n) is 18.4. The molecule has 170 valence electrons. The van der Waals surface area contributed by atoms with Crippen LogP contribution < -0.4 is 10.2 Å².